The first-order chi connectivity index (χ1) is 5.74. The van der Waals surface area contributed by atoms with Gasteiger partial charge in [-0.05, 0) is 19.3 Å². The highest BCUT2D eigenvalue weighted by Gasteiger charge is 2.01. The molecule has 0 N–H and O–H groups in total. The molecule has 12 heavy (non-hydrogen) atoms. The van der Waals surface area contributed by atoms with E-state index in [2.05, 4.69) is 19.9 Å². The van der Waals surface area contributed by atoms with Crippen molar-refractivity contribution in [3.63, 3.8) is 0 Å². The van der Waals surface area contributed by atoms with Gasteiger partial charge in [-0.1, -0.05) is 38.8 Å². The summed E-state index contributed by atoms with van der Waals surface area (Å²) in [6.07, 6.45) is 7.68. The van der Waals surface area contributed by atoms with Crippen LogP contribution in [0.15, 0.2) is 11.6 Å². The Hall–Kier alpha value is -0.590. The lowest BCUT2D eigenvalue weighted by Gasteiger charge is -2.06. The second-order valence-corrected chi connectivity index (χ2v) is 3.32. The maximum Gasteiger partial charge on any atom is 0.123 e. The van der Waals surface area contributed by atoms with E-state index in [0.29, 0.717) is 0 Å². The number of carbonyl (C=O) groups excluding carboxylic acids is 1. The quantitative estimate of drug-likeness (QED) is 0.439. The summed E-state index contributed by atoms with van der Waals surface area (Å²) in [4.78, 5) is 10.4. The summed E-state index contributed by atoms with van der Waals surface area (Å²) in [5.74, 6) is 0.188. The van der Waals surface area contributed by atoms with E-state index >= 15 is 0 Å². The molecule has 0 rings (SSSR count). The molecule has 0 saturated carbocycles. The molecule has 0 aliphatic carbocycles. The molecule has 0 radical (unpaired) electrons. The zero-order valence-corrected chi connectivity index (χ0v) is 8.47. The van der Waals surface area contributed by atoms with E-state index in [1.165, 1.54) is 12.0 Å². The highest BCUT2D eigenvalue weighted by atomic mass is 16.1. The number of aldehydes is 1. The highest BCUT2D eigenvalue weighted by molar-refractivity contribution is 5.53. The van der Waals surface area contributed by atoms with Crippen LogP contribution in [0.3, 0.4) is 0 Å². The molecular formula is C11H20O. The van der Waals surface area contributed by atoms with Crippen LogP contribution in [0, 0.1) is 5.92 Å². The summed E-state index contributed by atoms with van der Waals surface area (Å²) in [6, 6.07) is 0. The van der Waals surface area contributed by atoms with Crippen LogP contribution in [-0.2, 0) is 4.79 Å². The zero-order chi connectivity index (χ0) is 9.40. The average Bonchev–Trinajstić information content (AvgIpc) is 2.11. The first-order valence-electron chi connectivity index (χ1n) is 4.87. The van der Waals surface area contributed by atoms with Crippen molar-refractivity contribution in [2.45, 2.75) is 46.5 Å². The minimum absolute atomic E-state index is 0.188. The van der Waals surface area contributed by atoms with E-state index in [0.717, 1.165) is 25.5 Å². The SMILES string of the molecule is CCC/C=C(\CC)C[C@@H](C)C=O. The minimum Gasteiger partial charge on any atom is -0.303 e. The number of carbonyl (C=O) groups is 1. The van der Waals surface area contributed by atoms with Crippen LogP contribution in [0.1, 0.15) is 46.5 Å². The van der Waals surface area contributed by atoms with Gasteiger partial charge >= 0.3 is 0 Å². The van der Waals surface area contributed by atoms with Crippen LogP contribution in [0.2, 0.25) is 0 Å². The van der Waals surface area contributed by atoms with Crippen molar-refractivity contribution in [1.29, 1.82) is 0 Å². The fourth-order valence-corrected chi connectivity index (χ4v) is 1.18. The maximum atomic E-state index is 10.4. The smallest absolute Gasteiger partial charge is 0.123 e. The Labute approximate surface area is 75.9 Å². The van der Waals surface area contributed by atoms with Crippen molar-refractivity contribution in [2.24, 2.45) is 5.92 Å². The highest BCUT2D eigenvalue weighted by Crippen LogP contribution is 2.14. The van der Waals surface area contributed by atoms with Gasteiger partial charge in [0.2, 0.25) is 0 Å². The van der Waals surface area contributed by atoms with Gasteiger partial charge in [-0.2, -0.15) is 0 Å². The predicted octanol–water partition coefficient (Wildman–Crippen LogP) is 3.35. The second kappa shape index (κ2) is 7.08. The summed E-state index contributed by atoms with van der Waals surface area (Å²) in [5.41, 5.74) is 1.43. The third-order valence-electron chi connectivity index (χ3n) is 1.99. The Bertz CT molecular complexity index is 147. The van der Waals surface area contributed by atoms with Gasteiger partial charge in [-0.15, -0.1) is 0 Å². The van der Waals surface area contributed by atoms with Crippen molar-refractivity contribution in [3.05, 3.63) is 11.6 Å². The number of unbranched alkanes of at least 4 members (excludes halogenated alkanes) is 1. The maximum absolute atomic E-state index is 10.4. The van der Waals surface area contributed by atoms with Crippen molar-refractivity contribution < 1.29 is 4.79 Å². The van der Waals surface area contributed by atoms with Crippen LogP contribution in [-0.4, -0.2) is 6.29 Å². The summed E-state index contributed by atoms with van der Waals surface area (Å²) in [5, 5.41) is 0. The minimum atomic E-state index is 0.188. The largest absolute Gasteiger partial charge is 0.303 e. The topological polar surface area (TPSA) is 17.1 Å². The molecule has 0 saturated heterocycles. The lowest BCUT2D eigenvalue weighted by Crippen LogP contribution is -1.97. The Morgan fingerprint density at radius 2 is 2.08 bits per heavy atom. The molecule has 1 nitrogen and oxygen atoms in total. The van der Waals surface area contributed by atoms with Gasteiger partial charge in [0.05, 0.1) is 0 Å². The molecule has 0 bridgehead atoms. The monoisotopic (exact) mass is 168 g/mol. The van der Waals surface area contributed by atoms with Crippen LogP contribution < -0.4 is 0 Å². The fourth-order valence-electron chi connectivity index (χ4n) is 1.18. The van der Waals surface area contributed by atoms with Gasteiger partial charge in [0.15, 0.2) is 0 Å². The van der Waals surface area contributed by atoms with E-state index in [9.17, 15) is 4.79 Å². The van der Waals surface area contributed by atoms with E-state index in [4.69, 9.17) is 0 Å². The average molecular weight is 168 g/mol. The Morgan fingerprint density at radius 3 is 2.50 bits per heavy atom. The molecule has 0 amide bonds. The Kier molecular flexibility index (Phi) is 6.73. The second-order valence-electron chi connectivity index (χ2n) is 3.32. The van der Waals surface area contributed by atoms with Gasteiger partial charge in [0.25, 0.3) is 0 Å². The summed E-state index contributed by atoms with van der Waals surface area (Å²) in [7, 11) is 0. The van der Waals surface area contributed by atoms with Crippen LogP contribution in [0.4, 0.5) is 0 Å². The third-order valence-corrected chi connectivity index (χ3v) is 1.99. The first kappa shape index (κ1) is 11.4. The van der Waals surface area contributed by atoms with Crippen LogP contribution in [0.25, 0.3) is 0 Å². The molecule has 0 fully saturated rings. The van der Waals surface area contributed by atoms with Gasteiger partial charge in [-0.3, -0.25) is 0 Å². The van der Waals surface area contributed by atoms with Crippen molar-refractivity contribution >= 4 is 6.29 Å². The van der Waals surface area contributed by atoms with E-state index in [-0.39, 0.29) is 5.92 Å². The van der Waals surface area contributed by atoms with E-state index < -0.39 is 0 Å². The van der Waals surface area contributed by atoms with Gasteiger partial charge in [-0.25, -0.2) is 0 Å². The first-order valence-corrected chi connectivity index (χ1v) is 4.87. The third kappa shape index (κ3) is 5.11. The molecule has 1 atom stereocenters. The summed E-state index contributed by atoms with van der Waals surface area (Å²) >= 11 is 0. The summed E-state index contributed by atoms with van der Waals surface area (Å²) in [6.45, 7) is 6.30. The molecule has 0 spiro atoms. The lowest BCUT2D eigenvalue weighted by atomic mass is 9.99. The molecule has 0 aliphatic rings. The standard InChI is InChI=1S/C11H20O/c1-4-6-7-11(5-2)8-10(3)9-12/h7,9-10H,4-6,8H2,1-3H3/b11-7+/t10-/m1/s1. The molecule has 0 aromatic carbocycles. The fraction of sp³-hybridized carbons (Fsp3) is 0.727. The molecule has 0 heterocycles. The van der Waals surface area contributed by atoms with Gasteiger partial charge in [0, 0.05) is 5.92 Å². The summed E-state index contributed by atoms with van der Waals surface area (Å²) < 4.78 is 0. The van der Waals surface area contributed by atoms with Crippen molar-refractivity contribution in [3.8, 4) is 0 Å². The van der Waals surface area contributed by atoms with Crippen molar-refractivity contribution in [1.82, 2.24) is 0 Å². The van der Waals surface area contributed by atoms with Gasteiger partial charge < -0.3 is 4.79 Å². The van der Waals surface area contributed by atoms with E-state index in [1.54, 1.807) is 0 Å². The number of hydrogen-bond acceptors (Lipinski definition) is 1. The molecule has 70 valence electrons. The van der Waals surface area contributed by atoms with Gasteiger partial charge in [0.1, 0.15) is 6.29 Å². The number of allylic oxidation sites excluding steroid dienone is 2. The Balaban J connectivity index is 3.89. The molecule has 0 unspecified atom stereocenters. The molecule has 0 aromatic heterocycles. The predicted molar refractivity (Wildman–Crippen MR) is 53.1 cm³/mol. The number of hydrogen-bond donors (Lipinski definition) is 0. The molecule has 1 heteroatoms. The van der Waals surface area contributed by atoms with Crippen LogP contribution >= 0.6 is 0 Å². The molecular weight excluding hydrogens is 148 g/mol. The van der Waals surface area contributed by atoms with E-state index in [1.807, 2.05) is 6.92 Å². The van der Waals surface area contributed by atoms with Crippen molar-refractivity contribution in [2.75, 3.05) is 0 Å². The van der Waals surface area contributed by atoms with Crippen LogP contribution in [0.5, 0.6) is 0 Å². The molecule has 0 aliphatic heterocycles. The normalized spacial score (nSPS) is 14.4. The Morgan fingerprint density at radius 1 is 1.42 bits per heavy atom. The lowest BCUT2D eigenvalue weighted by molar-refractivity contribution is -0.110. The molecule has 0 aromatic rings. The number of rotatable bonds is 6. The zero-order valence-electron chi connectivity index (χ0n) is 8.47.